The molecule has 3 N–H and O–H groups in total. The minimum Gasteiger partial charge on any atom is -0.482 e. The lowest BCUT2D eigenvalue weighted by Crippen LogP contribution is -2.44. The first-order valence-electron chi connectivity index (χ1n) is 11.4. The van der Waals surface area contributed by atoms with Crippen LogP contribution in [0.2, 0.25) is 0 Å². The highest BCUT2D eigenvalue weighted by molar-refractivity contribution is 5.97. The fraction of sp³-hybridized carbons (Fsp3) is 0.269. The van der Waals surface area contributed by atoms with Gasteiger partial charge in [-0.3, -0.25) is 19.1 Å². The Hall–Kier alpha value is -4.85. The van der Waals surface area contributed by atoms with Gasteiger partial charge < -0.3 is 20.1 Å². The molecule has 0 spiro atoms. The standard InChI is InChI=1S/C26H27N5O6/c1-17(2)13-30(21(32)15-37-22(33)16-36-20-10-8-18(12-27)9-11-20)23-24(28)31(26(35)29-25(23)34)14-19-6-4-3-5-7-19/h3-11,17H,13-16,28H2,1-2H3,(H,29,34,35). The number of esters is 1. The normalized spacial score (nSPS) is 10.5. The quantitative estimate of drug-likeness (QED) is 0.393. The van der Waals surface area contributed by atoms with E-state index in [2.05, 4.69) is 4.98 Å². The second kappa shape index (κ2) is 12.2. The zero-order chi connectivity index (χ0) is 26.9. The number of aromatic amines is 1. The fourth-order valence-corrected chi connectivity index (χ4v) is 3.47. The third kappa shape index (κ3) is 7.08. The van der Waals surface area contributed by atoms with Gasteiger partial charge in [0, 0.05) is 6.54 Å². The number of carbonyl (C=O) groups excluding carboxylic acids is 2. The van der Waals surface area contributed by atoms with E-state index in [1.54, 1.807) is 24.3 Å². The van der Waals surface area contributed by atoms with E-state index in [1.807, 2.05) is 26.0 Å². The highest BCUT2D eigenvalue weighted by atomic mass is 16.6. The summed E-state index contributed by atoms with van der Waals surface area (Å²) in [7, 11) is 0. The van der Waals surface area contributed by atoms with Crippen molar-refractivity contribution in [1.82, 2.24) is 9.55 Å². The monoisotopic (exact) mass is 505 g/mol. The average Bonchev–Trinajstić information content (AvgIpc) is 2.88. The maximum absolute atomic E-state index is 13.1. The number of carbonyl (C=O) groups is 2. The smallest absolute Gasteiger partial charge is 0.344 e. The number of nitrogen functional groups attached to an aromatic ring is 1. The van der Waals surface area contributed by atoms with Crippen LogP contribution in [0.5, 0.6) is 5.75 Å². The second-order valence-electron chi connectivity index (χ2n) is 8.55. The van der Waals surface area contributed by atoms with Crippen LogP contribution in [0, 0.1) is 17.2 Å². The fourth-order valence-electron chi connectivity index (χ4n) is 3.47. The van der Waals surface area contributed by atoms with Crippen LogP contribution in [0.1, 0.15) is 25.0 Å². The van der Waals surface area contributed by atoms with Crippen molar-refractivity contribution in [2.75, 3.05) is 30.4 Å². The van der Waals surface area contributed by atoms with Crippen LogP contribution in [0.15, 0.2) is 64.2 Å². The van der Waals surface area contributed by atoms with Crippen molar-refractivity contribution in [2.24, 2.45) is 5.92 Å². The van der Waals surface area contributed by atoms with Crippen molar-refractivity contribution in [3.05, 3.63) is 86.6 Å². The Bertz CT molecular complexity index is 1400. The van der Waals surface area contributed by atoms with Gasteiger partial charge in [0.05, 0.1) is 18.2 Å². The summed E-state index contributed by atoms with van der Waals surface area (Å²) in [5.74, 6) is -1.40. The Morgan fingerprint density at radius 1 is 1.08 bits per heavy atom. The number of ether oxygens (including phenoxy) is 2. The predicted octanol–water partition coefficient (Wildman–Crippen LogP) is 1.65. The lowest BCUT2D eigenvalue weighted by atomic mass is 10.2. The average molecular weight is 506 g/mol. The van der Waals surface area contributed by atoms with Crippen LogP contribution in [-0.2, 0) is 20.9 Å². The summed E-state index contributed by atoms with van der Waals surface area (Å²) < 4.78 is 11.5. The number of hydrogen-bond acceptors (Lipinski definition) is 8. The third-order valence-corrected chi connectivity index (χ3v) is 5.21. The van der Waals surface area contributed by atoms with Gasteiger partial charge in [0.2, 0.25) is 0 Å². The zero-order valence-electron chi connectivity index (χ0n) is 20.5. The van der Waals surface area contributed by atoms with Gasteiger partial charge >= 0.3 is 11.7 Å². The summed E-state index contributed by atoms with van der Waals surface area (Å²) in [6.07, 6.45) is 0. The first-order chi connectivity index (χ1) is 17.7. The summed E-state index contributed by atoms with van der Waals surface area (Å²) in [5, 5.41) is 8.83. The molecule has 0 aliphatic carbocycles. The molecule has 0 bridgehead atoms. The molecule has 37 heavy (non-hydrogen) atoms. The van der Waals surface area contributed by atoms with Gasteiger partial charge in [-0.25, -0.2) is 9.59 Å². The molecule has 0 fully saturated rings. The number of aromatic nitrogens is 2. The molecule has 0 aliphatic heterocycles. The summed E-state index contributed by atoms with van der Waals surface area (Å²) in [5.41, 5.74) is 5.72. The van der Waals surface area contributed by atoms with Gasteiger partial charge in [-0.2, -0.15) is 5.26 Å². The van der Waals surface area contributed by atoms with Crippen LogP contribution in [-0.4, -0.2) is 41.2 Å². The van der Waals surface area contributed by atoms with Crippen LogP contribution >= 0.6 is 0 Å². The van der Waals surface area contributed by atoms with Gasteiger partial charge in [0.15, 0.2) is 18.9 Å². The highest BCUT2D eigenvalue weighted by Crippen LogP contribution is 2.19. The molecule has 11 heteroatoms. The number of nitrogens with two attached hydrogens (primary N) is 1. The number of nitrogens with zero attached hydrogens (tertiary/aromatic N) is 3. The summed E-state index contributed by atoms with van der Waals surface area (Å²) in [6, 6.07) is 17.1. The van der Waals surface area contributed by atoms with Crippen molar-refractivity contribution in [1.29, 1.82) is 5.26 Å². The first-order valence-corrected chi connectivity index (χ1v) is 11.4. The largest absolute Gasteiger partial charge is 0.482 e. The van der Waals surface area contributed by atoms with Crippen LogP contribution in [0.4, 0.5) is 11.5 Å². The summed E-state index contributed by atoms with van der Waals surface area (Å²) >= 11 is 0. The molecule has 3 rings (SSSR count). The number of amides is 1. The van der Waals surface area contributed by atoms with E-state index in [0.717, 1.165) is 10.5 Å². The van der Waals surface area contributed by atoms with Crippen molar-refractivity contribution in [2.45, 2.75) is 20.4 Å². The molecule has 0 aliphatic rings. The van der Waals surface area contributed by atoms with Crippen LogP contribution < -0.4 is 26.6 Å². The van der Waals surface area contributed by atoms with Crippen molar-refractivity contribution >= 4 is 23.4 Å². The Morgan fingerprint density at radius 3 is 2.38 bits per heavy atom. The number of hydrogen-bond donors (Lipinski definition) is 2. The molecule has 192 valence electrons. The Labute approximate surface area is 212 Å². The molecule has 3 aromatic rings. The van der Waals surface area contributed by atoms with Crippen LogP contribution in [0.3, 0.4) is 0 Å². The molecule has 1 aromatic heterocycles. The van der Waals surface area contributed by atoms with Crippen molar-refractivity contribution in [3.63, 3.8) is 0 Å². The molecule has 11 nitrogen and oxygen atoms in total. The second-order valence-corrected chi connectivity index (χ2v) is 8.55. The SMILES string of the molecule is CC(C)CN(C(=O)COC(=O)COc1ccc(C#N)cc1)c1c(N)n(Cc2ccccc2)c(=O)[nH]c1=O. The first kappa shape index (κ1) is 26.7. The molecule has 1 heterocycles. The van der Waals surface area contributed by atoms with Crippen molar-refractivity contribution in [3.8, 4) is 11.8 Å². The van der Waals surface area contributed by atoms with E-state index in [4.69, 9.17) is 20.5 Å². The van der Waals surface area contributed by atoms with Gasteiger partial charge in [-0.1, -0.05) is 44.2 Å². The topological polar surface area (TPSA) is 161 Å². The summed E-state index contributed by atoms with van der Waals surface area (Å²) in [4.78, 5) is 53.8. The van der Waals surface area contributed by atoms with Crippen molar-refractivity contribution < 1.29 is 19.1 Å². The Morgan fingerprint density at radius 2 is 1.76 bits per heavy atom. The minimum atomic E-state index is -0.823. The molecule has 0 radical (unpaired) electrons. The molecular formula is C26H27N5O6. The lowest BCUT2D eigenvalue weighted by Gasteiger charge is -2.26. The number of nitriles is 1. The molecule has 2 aromatic carbocycles. The number of H-pyrrole nitrogens is 1. The molecule has 0 saturated carbocycles. The van der Waals surface area contributed by atoms with Gasteiger partial charge in [0.1, 0.15) is 11.6 Å². The Kier molecular flexibility index (Phi) is 8.83. The van der Waals surface area contributed by atoms with E-state index < -0.39 is 36.3 Å². The maximum Gasteiger partial charge on any atom is 0.344 e. The maximum atomic E-state index is 13.1. The van der Waals surface area contributed by atoms with E-state index >= 15 is 0 Å². The van der Waals surface area contributed by atoms with Gasteiger partial charge in [-0.15, -0.1) is 0 Å². The lowest BCUT2D eigenvalue weighted by molar-refractivity contribution is -0.149. The number of benzene rings is 2. The third-order valence-electron chi connectivity index (χ3n) is 5.21. The van der Waals surface area contributed by atoms with E-state index in [1.165, 1.54) is 28.8 Å². The van der Waals surface area contributed by atoms with Crippen LogP contribution in [0.25, 0.3) is 0 Å². The van der Waals surface area contributed by atoms with E-state index in [9.17, 15) is 19.2 Å². The number of nitrogens with one attached hydrogen (secondary N) is 1. The Balaban J connectivity index is 1.76. The minimum absolute atomic E-state index is 0.0762. The molecule has 0 unspecified atom stereocenters. The van der Waals surface area contributed by atoms with Gasteiger partial charge in [-0.05, 0) is 35.7 Å². The molecular weight excluding hydrogens is 478 g/mol. The molecule has 0 saturated heterocycles. The van der Waals surface area contributed by atoms with Gasteiger partial charge in [0.25, 0.3) is 11.5 Å². The number of anilines is 2. The molecule has 0 atom stereocenters. The zero-order valence-corrected chi connectivity index (χ0v) is 20.5. The number of rotatable bonds is 10. The molecule has 1 amide bonds. The predicted molar refractivity (Wildman–Crippen MR) is 136 cm³/mol. The summed E-state index contributed by atoms with van der Waals surface area (Å²) in [6.45, 7) is 2.72. The highest BCUT2D eigenvalue weighted by Gasteiger charge is 2.26. The van der Waals surface area contributed by atoms with E-state index in [-0.39, 0.29) is 30.5 Å². The van der Waals surface area contributed by atoms with E-state index in [0.29, 0.717) is 11.3 Å².